The monoisotopic (exact) mass is 335 g/mol. The summed E-state index contributed by atoms with van der Waals surface area (Å²) in [6, 6.07) is 11.5. The van der Waals surface area contributed by atoms with Crippen molar-refractivity contribution in [3.05, 3.63) is 68.9 Å². The molecule has 1 nitrogen and oxygen atoms in total. The van der Waals surface area contributed by atoms with E-state index in [4.69, 9.17) is 5.73 Å². The van der Waals surface area contributed by atoms with E-state index in [1.54, 1.807) is 6.07 Å². The number of benzene rings is 2. The lowest BCUT2D eigenvalue weighted by molar-refractivity contribution is 0.610. The molecular weight excluding hydrogens is 317 g/mol. The van der Waals surface area contributed by atoms with E-state index in [1.165, 1.54) is 22.8 Å². The highest BCUT2D eigenvalue weighted by molar-refractivity contribution is 9.10. The summed E-state index contributed by atoms with van der Waals surface area (Å²) in [6.45, 7) is 4.18. The van der Waals surface area contributed by atoms with Gasteiger partial charge >= 0.3 is 0 Å². The summed E-state index contributed by atoms with van der Waals surface area (Å²) >= 11 is 3.29. The van der Waals surface area contributed by atoms with Crippen molar-refractivity contribution in [3.63, 3.8) is 0 Å². The maximum absolute atomic E-state index is 13.5. The number of aryl methyl sites for hydroxylation is 2. The van der Waals surface area contributed by atoms with Gasteiger partial charge in [0, 0.05) is 6.04 Å². The minimum absolute atomic E-state index is 0.0192. The lowest BCUT2D eigenvalue weighted by Crippen LogP contribution is -2.25. The van der Waals surface area contributed by atoms with Gasteiger partial charge in [0.25, 0.3) is 0 Å². The highest BCUT2D eigenvalue weighted by Gasteiger charge is 2.11. The Kier molecular flexibility index (Phi) is 4.95. The Labute approximate surface area is 128 Å². The third-order valence-corrected chi connectivity index (χ3v) is 4.18. The Bertz CT molecular complexity index is 590. The van der Waals surface area contributed by atoms with Gasteiger partial charge in [-0.1, -0.05) is 41.5 Å². The van der Waals surface area contributed by atoms with Crippen molar-refractivity contribution < 1.29 is 4.39 Å². The summed E-state index contributed by atoms with van der Waals surface area (Å²) in [7, 11) is 0. The average molecular weight is 336 g/mol. The van der Waals surface area contributed by atoms with Gasteiger partial charge in [-0.05, 0) is 59.8 Å². The van der Waals surface area contributed by atoms with Crippen LogP contribution < -0.4 is 5.73 Å². The number of rotatable bonds is 4. The second kappa shape index (κ2) is 6.51. The maximum atomic E-state index is 13.5. The third kappa shape index (κ3) is 3.90. The summed E-state index contributed by atoms with van der Waals surface area (Å²) < 4.78 is 14.0. The molecule has 106 valence electrons. The van der Waals surface area contributed by atoms with Crippen LogP contribution in [0.25, 0.3) is 0 Å². The normalized spacial score (nSPS) is 12.4. The van der Waals surface area contributed by atoms with Crippen LogP contribution in [0.5, 0.6) is 0 Å². The number of hydrogen-bond acceptors (Lipinski definition) is 1. The van der Waals surface area contributed by atoms with Gasteiger partial charge in [0.1, 0.15) is 5.82 Å². The van der Waals surface area contributed by atoms with Crippen molar-refractivity contribution in [3.8, 4) is 0 Å². The van der Waals surface area contributed by atoms with Gasteiger partial charge < -0.3 is 5.73 Å². The quantitative estimate of drug-likeness (QED) is 0.884. The van der Waals surface area contributed by atoms with Crippen molar-refractivity contribution in [2.75, 3.05) is 0 Å². The first-order valence-electron chi connectivity index (χ1n) is 6.71. The summed E-state index contributed by atoms with van der Waals surface area (Å²) in [6.07, 6.45) is 1.46. The van der Waals surface area contributed by atoms with Crippen LogP contribution in [0.15, 0.2) is 40.9 Å². The molecule has 2 N–H and O–H groups in total. The molecule has 0 aliphatic heterocycles. The first-order chi connectivity index (χ1) is 9.45. The highest BCUT2D eigenvalue weighted by atomic mass is 79.9. The highest BCUT2D eigenvalue weighted by Crippen LogP contribution is 2.22. The fraction of sp³-hybridized carbons (Fsp3) is 0.294. The van der Waals surface area contributed by atoms with Gasteiger partial charge in [0.05, 0.1) is 4.47 Å². The van der Waals surface area contributed by atoms with Gasteiger partial charge in [-0.3, -0.25) is 0 Å². The fourth-order valence-corrected chi connectivity index (χ4v) is 2.98. The summed E-state index contributed by atoms with van der Waals surface area (Å²) in [4.78, 5) is 0. The second-order valence-electron chi connectivity index (χ2n) is 5.38. The second-order valence-corrected chi connectivity index (χ2v) is 6.17. The standard InChI is InChI=1S/C17H19BrFN/c1-11-6-12(2)8-13(7-11)9-15(20)10-14-4-3-5-16(19)17(14)18/h3-8,15H,9-10,20H2,1-2H3. The van der Waals surface area contributed by atoms with Crippen LogP contribution in [0, 0.1) is 19.7 Å². The Morgan fingerprint density at radius 3 is 2.40 bits per heavy atom. The van der Waals surface area contributed by atoms with E-state index in [0.29, 0.717) is 10.9 Å². The predicted molar refractivity (Wildman–Crippen MR) is 85.4 cm³/mol. The van der Waals surface area contributed by atoms with E-state index in [2.05, 4.69) is 48.0 Å². The smallest absolute Gasteiger partial charge is 0.137 e. The lowest BCUT2D eigenvalue weighted by atomic mass is 9.97. The Hall–Kier alpha value is -1.19. The van der Waals surface area contributed by atoms with Crippen molar-refractivity contribution in [1.29, 1.82) is 0 Å². The molecule has 0 heterocycles. The number of halogens is 2. The summed E-state index contributed by atoms with van der Waals surface area (Å²) in [5.74, 6) is -0.235. The molecule has 0 aliphatic rings. The molecule has 2 aromatic carbocycles. The van der Waals surface area contributed by atoms with Crippen molar-refractivity contribution >= 4 is 15.9 Å². The van der Waals surface area contributed by atoms with Crippen molar-refractivity contribution in [1.82, 2.24) is 0 Å². The van der Waals surface area contributed by atoms with Gasteiger partial charge in [0.2, 0.25) is 0 Å². The predicted octanol–water partition coefficient (Wildman–Crippen LogP) is 4.32. The van der Waals surface area contributed by atoms with Crippen molar-refractivity contribution in [2.24, 2.45) is 5.73 Å². The maximum Gasteiger partial charge on any atom is 0.137 e. The van der Waals surface area contributed by atoms with Crippen LogP contribution in [0.1, 0.15) is 22.3 Å². The zero-order valence-electron chi connectivity index (χ0n) is 11.8. The number of nitrogens with two attached hydrogens (primary N) is 1. The SMILES string of the molecule is Cc1cc(C)cc(CC(N)Cc2cccc(F)c2Br)c1. The largest absolute Gasteiger partial charge is 0.327 e. The minimum atomic E-state index is -0.235. The van der Waals surface area contributed by atoms with Crippen LogP contribution in [0.2, 0.25) is 0 Å². The Balaban J connectivity index is 2.09. The number of hydrogen-bond donors (Lipinski definition) is 1. The van der Waals surface area contributed by atoms with Crippen molar-refractivity contribution in [2.45, 2.75) is 32.7 Å². The average Bonchev–Trinajstić information content (AvgIpc) is 2.33. The van der Waals surface area contributed by atoms with E-state index >= 15 is 0 Å². The Morgan fingerprint density at radius 1 is 1.10 bits per heavy atom. The zero-order valence-corrected chi connectivity index (χ0v) is 13.4. The molecule has 0 amide bonds. The topological polar surface area (TPSA) is 26.0 Å². The molecule has 0 aromatic heterocycles. The van der Waals surface area contributed by atoms with E-state index in [9.17, 15) is 4.39 Å². The van der Waals surface area contributed by atoms with E-state index < -0.39 is 0 Å². The first kappa shape index (κ1) is 15.2. The molecular formula is C17H19BrFN. The molecule has 1 atom stereocenters. The molecule has 0 bridgehead atoms. The van der Waals surface area contributed by atoms with Gasteiger partial charge in [-0.15, -0.1) is 0 Å². The lowest BCUT2D eigenvalue weighted by Gasteiger charge is -2.14. The van der Waals surface area contributed by atoms with Gasteiger partial charge in [0.15, 0.2) is 0 Å². The van der Waals surface area contributed by atoms with Gasteiger partial charge in [-0.25, -0.2) is 4.39 Å². The molecule has 0 saturated carbocycles. The minimum Gasteiger partial charge on any atom is -0.327 e. The zero-order chi connectivity index (χ0) is 14.7. The summed E-state index contributed by atoms with van der Waals surface area (Å²) in [5.41, 5.74) is 10.9. The molecule has 2 aromatic rings. The van der Waals surface area contributed by atoms with Crippen LogP contribution in [0.4, 0.5) is 4.39 Å². The fourth-order valence-electron chi connectivity index (χ4n) is 2.55. The molecule has 3 heteroatoms. The molecule has 0 saturated heterocycles. The molecule has 2 rings (SSSR count). The molecule has 0 spiro atoms. The molecule has 0 fully saturated rings. The van der Waals surface area contributed by atoms with Crippen LogP contribution in [-0.2, 0) is 12.8 Å². The molecule has 0 aliphatic carbocycles. The van der Waals surface area contributed by atoms with Crippen LogP contribution in [-0.4, -0.2) is 6.04 Å². The van der Waals surface area contributed by atoms with Gasteiger partial charge in [-0.2, -0.15) is 0 Å². The van der Waals surface area contributed by atoms with E-state index in [0.717, 1.165) is 12.0 Å². The van der Waals surface area contributed by atoms with E-state index in [1.807, 2.05) is 6.07 Å². The first-order valence-corrected chi connectivity index (χ1v) is 7.50. The molecule has 20 heavy (non-hydrogen) atoms. The third-order valence-electron chi connectivity index (χ3n) is 3.29. The Morgan fingerprint density at radius 2 is 1.75 bits per heavy atom. The van der Waals surface area contributed by atoms with Crippen LogP contribution >= 0.6 is 15.9 Å². The van der Waals surface area contributed by atoms with E-state index in [-0.39, 0.29) is 11.9 Å². The molecule has 1 unspecified atom stereocenters. The van der Waals surface area contributed by atoms with Crippen LogP contribution in [0.3, 0.4) is 0 Å². The summed E-state index contributed by atoms with van der Waals surface area (Å²) in [5, 5.41) is 0. The molecule has 0 radical (unpaired) electrons.